The molecule has 0 aromatic carbocycles. The molecule has 0 radical (unpaired) electrons. The Kier molecular flexibility index (Phi) is 3.09. The van der Waals surface area contributed by atoms with Crippen molar-refractivity contribution in [2.45, 2.75) is 25.3 Å². The molecule has 1 atom stereocenters. The van der Waals surface area contributed by atoms with Crippen LogP contribution in [-0.2, 0) is 4.74 Å². The first-order chi connectivity index (χ1) is 5.33. The van der Waals surface area contributed by atoms with Crippen molar-refractivity contribution in [1.29, 1.82) is 0 Å². The van der Waals surface area contributed by atoms with Crippen LogP contribution in [-0.4, -0.2) is 25.3 Å². The minimum atomic E-state index is 0.244. The first-order valence-corrected chi connectivity index (χ1v) is 4.27. The summed E-state index contributed by atoms with van der Waals surface area (Å²) < 4.78 is 5.35. The van der Waals surface area contributed by atoms with Gasteiger partial charge in [0.25, 0.3) is 0 Å². The van der Waals surface area contributed by atoms with E-state index in [-0.39, 0.29) is 5.54 Å². The monoisotopic (exact) mass is 155 g/mol. The van der Waals surface area contributed by atoms with Crippen LogP contribution in [0.1, 0.15) is 19.8 Å². The van der Waals surface area contributed by atoms with E-state index in [1.54, 1.807) is 0 Å². The number of hydrogen-bond acceptors (Lipinski definition) is 2. The molecule has 0 amide bonds. The largest absolute Gasteiger partial charge is 0.379 e. The SMILES string of the molecule is C=CCNC1(CC)CCOC1. The van der Waals surface area contributed by atoms with Gasteiger partial charge in [0, 0.05) is 18.7 Å². The molecule has 11 heavy (non-hydrogen) atoms. The average molecular weight is 155 g/mol. The molecule has 1 aliphatic rings. The third-order valence-electron chi connectivity index (χ3n) is 2.40. The zero-order valence-electron chi connectivity index (χ0n) is 7.23. The Morgan fingerprint density at radius 3 is 3.00 bits per heavy atom. The van der Waals surface area contributed by atoms with E-state index in [4.69, 9.17) is 4.74 Å². The van der Waals surface area contributed by atoms with Crippen molar-refractivity contribution in [2.75, 3.05) is 19.8 Å². The van der Waals surface area contributed by atoms with Gasteiger partial charge in [-0.05, 0) is 12.8 Å². The lowest BCUT2D eigenvalue weighted by Gasteiger charge is -2.26. The van der Waals surface area contributed by atoms with E-state index < -0.39 is 0 Å². The Bertz CT molecular complexity index is 128. The van der Waals surface area contributed by atoms with Gasteiger partial charge >= 0.3 is 0 Å². The fraction of sp³-hybridized carbons (Fsp3) is 0.778. The third kappa shape index (κ3) is 2.04. The number of nitrogens with one attached hydrogen (secondary N) is 1. The lowest BCUT2D eigenvalue weighted by atomic mass is 9.95. The zero-order chi connectivity index (χ0) is 8.16. The van der Waals surface area contributed by atoms with Gasteiger partial charge in [0.1, 0.15) is 0 Å². The van der Waals surface area contributed by atoms with Gasteiger partial charge in [0.2, 0.25) is 0 Å². The van der Waals surface area contributed by atoms with Gasteiger partial charge in [0.15, 0.2) is 0 Å². The Morgan fingerprint density at radius 2 is 2.55 bits per heavy atom. The highest BCUT2D eigenvalue weighted by Crippen LogP contribution is 2.21. The van der Waals surface area contributed by atoms with Crippen molar-refractivity contribution < 1.29 is 4.74 Å². The Balaban J connectivity index is 2.38. The smallest absolute Gasteiger partial charge is 0.0649 e. The van der Waals surface area contributed by atoms with Crippen LogP contribution in [0.2, 0.25) is 0 Å². The van der Waals surface area contributed by atoms with Gasteiger partial charge in [-0.15, -0.1) is 6.58 Å². The average Bonchev–Trinajstić information content (AvgIpc) is 2.50. The van der Waals surface area contributed by atoms with E-state index >= 15 is 0 Å². The summed E-state index contributed by atoms with van der Waals surface area (Å²) >= 11 is 0. The third-order valence-corrected chi connectivity index (χ3v) is 2.40. The molecule has 0 aromatic heterocycles. The molecule has 0 bridgehead atoms. The molecule has 1 N–H and O–H groups in total. The van der Waals surface area contributed by atoms with E-state index in [9.17, 15) is 0 Å². The quantitative estimate of drug-likeness (QED) is 0.618. The predicted molar refractivity (Wildman–Crippen MR) is 46.7 cm³/mol. The van der Waals surface area contributed by atoms with Gasteiger partial charge in [-0.2, -0.15) is 0 Å². The van der Waals surface area contributed by atoms with Crippen LogP contribution >= 0.6 is 0 Å². The summed E-state index contributed by atoms with van der Waals surface area (Å²) in [6.45, 7) is 8.53. The van der Waals surface area contributed by atoms with Crippen molar-refractivity contribution in [3.63, 3.8) is 0 Å². The highest BCUT2D eigenvalue weighted by molar-refractivity contribution is 4.92. The van der Waals surface area contributed by atoms with Crippen molar-refractivity contribution in [3.8, 4) is 0 Å². The van der Waals surface area contributed by atoms with Crippen molar-refractivity contribution in [1.82, 2.24) is 5.32 Å². The van der Waals surface area contributed by atoms with E-state index in [0.717, 1.165) is 32.6 Å². The molecule has 1 rings (SSSR count). The molecular weight excluding hydrogens is 138 g/mol. The number of hydrogen-bond donors (Lipinski definition) is 1. The second-order valence-corrected chi connectivity index (χ2v) is 3.11. The fourth-order valence-corrected chi connectivity index (χ4v) is 1.44. The second-order valence-electron chi connectivity index (χ2n) is 3.11. The van der Waals surface area contributed by atoms with E-state index in [0.29, 0.717) is 0 Å². The van der Waals surface area contributed by atoms with Crippen LogP contribution < -0.4 is 5.32 Å². The van der Waals surface area contributed by atoms with E-state index in [2.05, 4.69) is 18.8 Å². The first kappa shape index (κ1) is 8.75. The van der Waals surface area contributed by atoms with E-state index in [1.807, 2.05) is 6.08 Å². The molecular formula is C9H17NO. The lowest BCUT2D eigenvalue weighted by Crippen LogP contribution is -2.45. The highest BCUT2D eigenvalue weighted by atomic mass is 16.5. The highest BCUT2D eigenvalue weighted by Gasteiger charge is 2.31. The van der Waals surface area contributed by atoms with Crippen LogP contribution in [0.3, 0.4) is 0 Å². The normalized spacial score (nSPS) is 30.6. The Hall–Kier alpha value is -0.340. The Labute approximate surface area is 68.6 Å². The van der Waals surface area contributed by atoms with Gasteiger partial charge in [-0.25, -0.2) is 0 Å². The lowest BCUT2D eigenvalue weighted by molar-refractivity contribution is 0.166. The summed E-state index contributed by atoms with van der Waals surface area (Å²) in [5, 5.41) is 3.45. The molecule has 0 saturated carbocycles. The molecule has 1 saturated heterocycles. The van der Waals surface area contributed by atoms with Crippen LogP contribution in [0.25, 0.3) is 0 Å². The summed E-state index contributed by atoms with van der Waals surface area (Å²) in [5.74, 6) is 0. The van der Waals surface area contributed by atoms with Gasteiger partial charge in [-0.1, -0.05) is 13.0 Å². The summed E-state index contributed by atoms with van der Waals surface area (Å²) in [7, 11) is 0. The molecule has 2 heteroatoms. The number of ether oxygens (including phenoxy) is 1. The van der Waals surface area contributed by atoms with Crippen LogP contribution in [0, 0.1) is 0 Å². The Morgan fingerprint density at radius 1 is 1.73 bits per heavy atom. The molecule has 1 heterocycles. The maximum atomic E-state index is 5.35. The maximum Gasteiger partial charge on any atom is 0.0649 e. The fourth-order valence-electron chi connectivity index (χ4n) is 1.44. The first-order valence-electron chi connectivity index (χ1n) is 4.27. The molecule has 1 unspecified atom stereocenters. The van der Waals surface area contributed by atoms with Gasteiger partial charge in [-0.3, -0.25) is 0 Å². The second kappa shape index (κ2) is 3.88. The summed E-state index contributed by atoms with van der Waals surface area (Å²) in [4.78, 5) is 0. The summed E-state index contributed by atoms with van der Waals surface area (Å²) in [5.41, 5.74) is 0.244. The molecule has 1 fully saturated rings. The minimum absolute atomic E-state index is 0.244. The van der Waals surface area contributed by atoms with Gasteiger partial charge < -0.3 is 10.1 Å². The predicted octanol–water partition coefficient (Wildman–Crippen LogP) is 1.33. The standard InChI is InChI=1S/C9H17NO/c1-3-6-10-9(4-2)5-7-11-8-9/h3,10H,1,4-8H2,2H3. The van der Waals surface area contributed by atoms with Crippen molar-refractivity contribution in [2.24, 2.45) is 0 Å². The minimum Gasteiger partial charge on any atom is -0.379 e. The maximum absolute atomic E-state index is 5.35. The molecule has 0 spiro atoms. The molecule has 1 aliphatic heterocycles. The van der Waals surface area contributed by atoms with E-state index in [1.165, 1.54) is 0 Å². The molecule has 2 nitrogen and oxygen atoms in total. The summed E-state index contributed by atoms with van der Waals surface area (Å²) in [6, 6.07) is 0. The molecule has 0 aromatic rings. The molecule has 64 valence electrons. The van der Waals surface area contributed by atoms with Crippen LogP contribution in [0.15, 0.2) is 12.7 Å². The van der Waals surface area contributed by atoms with Crippen molar-refractivity contribution in [3.05, 3.63) is 12.7 Å². The van der Waals surface area contributed by atoms with Crippen LogP contribution in [0.4, 0.5) is 0 Å². The van der Waals surface area contributed by atoms with Crippen molar-refractivity contribution >= 4 is 0 Å². The van der Waals surface area contributed by atoms with Crippen LogP contribution in [0.5, 0.6) is 0 Å². The number of rotatable bonds is 4. The zero-order valence-corrected chi connectivity index (χ0v) is 7.23. The van der Waals surface area contributed by atoms with Gasteiger partial charge in [0.05, 0.1) is 6.61 Å². The topological polar surface area (TPSA) is 21.3 Å². The summed E-state index contributed by atoms with van der Waals surface area (Å²) in [6.07, 6.45) is 4.17. The molecule has 0 aliphatic carbocycles.